The lowest BCUT2D eigenvalue weighted by atomic mass is 9.97. The number of aromatic carboxylic acids is 1. The summed E-state index contributed by atoms with van der Waals surface area (Å²) in [6, 6.07) is 2.89. The highest BCUT2D eigenvalue weighted by molar-refractivity contribution is 5.85. The predicted octanol–water partition coefficient (Wildman–Crippen LogP) is 2.29. The monoisotopic (exact) mass is 419 g/mol. The van der Waals surface area contributed by atoms with Crippen LogP contribution in [0.25, 0.3) is 5.69 Å². The fraction of sp³-hybridized carbons (Fsp3) is 0.550. The van der Waals surface area contributed by atoms with Gasteiger partial charge in [0.25, 0.3) is 0 Å². The number of carboxylic acid groups (broad SMARTS) is 1. The molecule has 2 fully saturated rings. The molecule has 1 saturated heterocycles. The minimum absolute atomic E-state index is 0.0509. The van der Waals surface area contributed by atoms with Crippen molar-refractivity contribution in [2.75, 3.05) is 13.1 Å². The third-order valence-corrected chi connectivity index (χ3v) is 6.47. The summed E-state index contributed by atoms with van der Waals surface area (Å²) in [7, 11) is 0. The maximum atomic E-state index is 13.2. The highest BCUT2D eigenvalue weighted by atomic mass is 19.3. The molecule has 0 radical (unpaired) electrons. The van der Waals surface area contributed by atoms with Crippen LogP contribution in [0.15, 0.2) is 24.5 Å². The smallest absolute Gasteiger partial charge is 0.354 e. The number of hydrogen-bond donors (Lipinski definition) is 1. The number of piperidine rings is 1. The van der Waals surface area contributed by atoms with Gasteiger partial charge in [-0.15, -0.1) is 5.10 Å². The molecule has 0 bridgehead atoms. The van der Waals surface area contributed by atoms with Crippen LogP contribution in [0.3, 0.4) is 0 Å². The summed E-state index contributed by atoms with van der Waals surface area (Å²) in [5, 5.41) is 17.0. The number of rotatable bonds is 7. The summed E-state index contributed by atoms with van der Waals surface area (Å²) >= 11 is 0. The lowest BCUT2D eigenvalue weighted by Gasteiger charge is -2.26. The normalized spacial score (nSPS) is 22.8. The molecule has 1 N–H and O–H groups in total. The molecule has 30 heavy (non-hydrogen) atoms. The zero-order valence-corrected chi connectivity index (χ0v) is 16.7. The Hall–Kier alpha value is -2.91. The van der Waals surface area contributed by atoms with Crippen molar-refractivity contribution >= 4 is 11.9 Å². The average Bonchev–Trinajstić information content (AvgIpc) is 3.15. The van der Waals surface area contributed by atoms with Gasteiger partial charge in [0.15, 0.2) is 0 Å². The molecule has 10 heteroatoms. The van der Waals surface area contributed by atoms with Gasteiger partial charge in [0.05, 0.1) is 17.6 Å². The van der Waals surface area contributed by atoms with Crippen molar-refractivity contribution in [3.8, 4) is 5.69 Å². The van der Waals surface area contributed by atoms with Crippen molar-refractivity contribution in [2.24, 2.45) is 23.2 Å². The van der Waals surface area contributed by atoms with Crippen molar-refractivity contribution in [2.45, 2.75) is 33.1 Å². The SMILES string of the molecule is CC1(C)C2CN(C(=O)C(Cc3cn(-c4ccnc(C(=O)O)c4)nn3)CC(F)F)CC21. The molecule has 1 aliphatic carbocycles. The Kier molecular flexibility index (Phi) is 5.03. The number of halogens is 2. The van der Waals surface area contributed by atoms with Crippen LogP contribution in [-0.4, -0.2) is 61.4 Å². The summed E-state index contributed by atoms with van der Waals surface area (Å²) in [5.41, 5.74) is 0.912. The minimum Gasteiger partial charge on any atom is -0.477 e. The van der Waals surface area contributed by atoms with Crippen molar-refractivity contribution in [1.29, 1.82) is 0 Å². The largest absolute Gasteiger partial charge is 0.477 e. The molecule has 1 amide bonds. The zero-order valence-electron chi connectivity index (χ0n) is 16.7. The molecule has 2 aromatic heterocycles. The number of carboxylic acids is 1. The van der Waals surface area contributed by atoms with E-state index < -0.39 is 24.7 Å². The molecule has 0 aromatic carbocycles. The van der Waals surface area contributed by atoms with Gasteiger partial charge >= 0.3 is 5.97 Å². The van der Waals surface area contributed by atoms with Crippen molar-refractivity contribution < 1.29 is 23.5 Å². The molecule has 160 valence electrons. The third kappa shape index (κ3) is 3.78. The first-order chi connectivity index (χ1) is 14.2. The van der Waals surface area contributed by atoms with E-state index in [9.17, 15) is 18.4 Å². The van der Waals surface area contributed by atoms with Crippen molar-refractivity contribution in [1.82, 2.24) is 24.9 Å². The van der Waals surface area contributed by atoms with E-state index in [0.29, 0.717) is 36.3 Å². The highest BCUT2D eigenvalue weighted by Gasteiger charge is 2.62. The van der Waals surface area contributed by atoms with E-state index in [0.717, 1.165) is 0 Å². The molecule has 2 aliphatic rings. The van der Waals surface area contributed by atoms with E-state index in [1.807, 2.05) is 0 Å². The van der Waals surface area contributed by atoms with Gasteiger partial charge in [0.2, 0.25) is 12.3 Å². The van der Waals surface area contributed by atoms with Crippen LogP contribution >= 0.6 is 0 Å². The highest BCUT2D eigenvalue weighted by Crippen LogP contribution is 2.62. The van der Waals surface area contributed by atoms with Gasteiger partial charge in [-0.1, -0.05) is 19.1 Å². The Morgan fingerprint density at radius 2 is 2.00 bits per heavy atom. The second-order valence-corrected chi connectivity index (χ2v) is 8.66. The van der Waals surface area contributed by atoms with Crippen LogP contribution in [0, 0.1) is 23.2 Å². The number of amides is 1. The van der Waals surface area contributed by atoms with E-state index >= 15 is 0 Å². The van der Waals surface area contributed by atoms with E-state index in [-0.39, 0.29) is 23.4 Å². The van der Waals surface area contributed by atoms with E-state index in [4.69, 9.17) is 5.11 Å². The Labute approximate surface area is 171 Å². The lowest BCUT2D eigenvalue weighted by Crippen LogP contribution is -2.39. The van der Waals surface area contributed by atoms with Crippen LogP contribution in [0.4, 0.5) is 8.78 Å². The lowest BCUT2D eigenvalue weighted by molar-refractivity contribution is -0.136. The summed E-state index contributed by atoms with van der Waals surface area (Å²) in [6.07, 6.45) is -0.212. The van der Waals surface area contributed by atoms with Crippen molar-refractivity contribution in [3.63, 3.8) is 0 Å². The number of carbonyl (C=O) groups is 2. The topological polar surface area (TPSA) is 101 Å². The molecule has 3 heterocycles. The number of pyridine rings is 1. The van der Waals surface area contributed by atoms with Gasteiger partial charge in [-0.3, -0.25) is 4.79 Å². The summed E-state index contributed by atoms with van der Waals surface area (Å²) < 4.78 is 27.7. The van der Waals surface area contributed by atoms with Gasteiger partial charge in [-0.25, -0.2) is 23.2 Å². The van der Waals surface area contributed by atoms with E-state index in [2.05, 4.69) is 29.1 Å². The zero-order chi connectivity index (χ0) is 21.6. The molecular weight excluding hydrogens is 396 g/mol. The number of hydrogen-bond acceptors (Lipinski definition) is 5. The number of nitrogens with zero attached hydrogens (tertiary/aromatic N) is 5. The molecule has 3 atom stereocenters. The Morgan fingerprint density at radius 1 is 1.30 bits per heavy atom. The number of fused-ring (bicyclic) bond motifs is 1. The quantitative estimate of drug-likeness (QED) is 0.739. The van der Waals surface area contributed by atoms with Gasteiger partial charge in [0.1, 0.15) is 5.69 Å². The Balaban J connectivity index is 1.47. The van der Waals surface area contributed by atoms with E-state index in [1.54, 1.807) is 11.0 Å². The molecule has 3 unspecified atom stereocenters. The van der Waals surface area contributed by atoms with Gasteiger partial charge in [0, 0.05) is 38.0 Å². The van der Waals surface area contributed by atoms with Gasteiger partial charge in [-0.05, 0) is 29.4 Å². The molecule has 8 nitrogen and oxygen atoms in total. The predicted molar refractivity (Wildman–Crippen MR) is 101 cm³/mol. The molecule has 0 spiro atoms. The molecule has 4 rings (SSSR count). The maximum Gasteiger partial charge on any atom is 0.354 e. The second-order valence-electron chi connectivity index (χ2n) is 8.66. The third-order valence-electron chi connectivity index (χ3n) is 6.47. The average molecular weight is 419 g/mol. The fourth-order valence-corrected chi connectivity index (χ4v) is 4.51. The summed E-state index contributed by atoms with van der Waals surface area (Å²) in [6.45, 7) is 5.60. The standard InChI is InChI=1S/C20H23F2N5O3/c1-20(2)14-9-26(10-15(14)20)18(28)11(6-17(21)22)5-12-8-27(25-24-12)13-3-4-23-16(7-13)19(29)30/h3-4,7-8,11,14-15,17H,5-6,9-10H2,1-2H3,(H,29,30). The maximum absolute atomic E-state index is 13.2. The summed E-state index contributed by atoms with van der Waals surface area (Å²) in [5.74, 6) is -1.41. The van der Waals surface area contributed by atoms with Crippen molar-refractivity contribution in [3.05, 3.63) is 35.9 Å². The molecular formula is C20H23F2N5O3. The summed E-state index contributed by atoms with van der Waals surface area (Å²) in [4.78, 5) is 29.5. The first kappa shape index (κ1) is 20.4. The molecule has 1 saturated carbocycles. The Morgan fingerprint density at radius 3 is 2.63 bits per heavy atom. The van der Waals surface area contributed by atoms with Crippen LogP contribution in [0.1, 0.15) is 36.5 Å². The fourth-order valence-electron chi connectivity index (χ4n) is 4.51. The van der Waals surface area contributed by atoms with Crippen LogP contribution in [0.2, 0.25) is 0 Å². The van der Waals surface area contributed by atoms with Crippen LogP contribution in [0.5, 0.6) is 0 Å². The second kappa shape index (κ2) is 7.41. The van der Waals surface area contributed by atoms with Crippen LogP contribution in [-0.2, 0) is 11.2 Å². The number of alkyl halides is 2. The minimum atomic E-state index is -2.60. The van der Waals surface area contributed by atoms with Gasteiger partial charge < -0.3 is 10.0 Å². The van der Waals surface area contributed by atoms with E-state index in [1.165, 1.54) is 23.1 Å². The number of aromatic nitrogens is 4. The first-order valence-electron chi connectivity index (χ1n) is 9.84. The van der Waals surface area contributed by atoms with Crippen LogP contribution < -0.4 is 0 Å². The number of likely N-dealkylation sites (tertiary alicyclic amines) is 1. The Bertz CT molecular complexity index is 963. The number of carbonyl (C=O) groups excluding carboxylic acids is 1. The molecule has 1 aliphatic heterocycles. The van der Waals surface area contributed by atoms with Gasteiger partial charge in [-0.2, -0.15) is 0 Å². The first-order valence-corrected chi connectivity index (χ1v) is 9.84. The molecule has 2 aromatic rings.